The van der Waals surface area contributed by atoms with Crippen LogP contribution < -0.4 is 0 Å². The lowest BCUT2D eigenvalue weighted by Gasteiger charge is -2.50. The van der Waals surface area contributed by atoms with Gasteiger partial charge in [0.2, 0.25) is 0 Å². The van der Waals surface area contributed by atoms with Gasteiger partial charge in [0.15, 0.2) is 0 Å². The van der Waals surface area contributed by atoms with Crippen LogP contribution in [0.25, 0.3) is 10.8 Å². The Morgan fingerprint density at radius 1 is 0.864 bits per heavy atom. The van der Waals surface area contributed by atoms with E-state index in [1.807, 2.05) is 0 Å². The van der Waals surface area contributed by atoms with E-state index in [0.717, 1.165) is 23.7 Å². The lowest BCUT2D eigenvalue weighted by molar-refractivity contribution is 0.0507. The largest absolute Gasteiger partial charge is 0.309 e. The van der Waals surface area contributed by atoms with E-state index in [2.05, 4.69) is 61.5 Å². The monoisotopic (exact) mass is 293 g/mol. The van der Waals surface area contributed by atoms with Crippen LogP contribution in [0, 0.1) is 17.8 Å². The van der Waals surface area contributed by atoms with Crippen molar-refractivity contribution in [2.45, 2.75) is 31.6 Å². The summed E-state index contributed by atoms with van der Waals surface area (Å²) in [6.45, 7) is 1.25. The van der Waals surface area contributed by atoms with Crippen LogP contribution in [0.5, 0.6) is 0 Å². The van der Waals surface area contributed by atoms with E-state index in [1.165, 1.54) is 43.0 Å². The van der Waals surface area contributed by atoms with Gasteiger partial charge in [-0.15, -0.1) is 0 Å². The summed E-state index contributed by atoms with van der Waals surface area (Å²) in [6, 6.07) is 16.0. The van der Waals surface area contributed by atoms with Gasteiger partial charge in [-0.2, -0.15) is 0 Å². The summed E-state index contributed by atoms with van der Waals surface area (Å²) < 4.78 is 0. The Hall–Kier alpha value is -1.34. The highest BCUT2D eigenvalue weighted by Crippen LogP contribution is 2.53. The van der Waals surface area contributed by atoms with Crippen molar-refractivity contribution in [2.75, 3.05) is 20.6 Å². The molecule has 5 rings (SSSR count). The van der Waals surface area contributed by atoms with Gasteiger partial charge in [-0.3, -0.25) is 0 Å². The molecule has 0 amide bonds. The van der Waals surface area contributed by atoms with Gasteiger partial charge in [0, 0.05) is 6.54 Å². The third kappa shape index (κ3) is 2.46. The van der Waals surface area contributed by atoms with E-state index in [4.69, 9.17) is 0 Å². The molecule has 2 unspecified atom stereocenters. The zero-order valence-corrected chi connectivity index (χ0v) is 13.8. The molecule has 0 aliphatic heterocycles. The number of rotatable bonds is 3. The highest BCUT2D eigenvalue weighted by Gasteiger charge is 2.44. The van der Waals surface area contributed by atoms with Crippen molar-refractivity contribution >= 4 is 10.8 Å². The Balaban J connectivity index is 1.73. The maximum absolute atomic E-state index is 2.48. The summed E-state index contributed by atoms with van der Waals surface area (Å²) in [5.41, 5.74) is 1.60. The Bertz CT molecular complexity index is 652. The highest BCUT2D eigenvalue weighted by atomic mass is 15.1. The van der Waals surface area contributed by atoms with E-state index >= 15 is 0 Å². The normalized spacial score (nSPS) is 31.0. The van der Waals surface area contributed by atoms with Gasteiger partial charge in [-0.1, -0.05) is 42.5 Å². The minimum absolute atomic E-state index is 0.777. The van der Waals surface area contributed by atoms with Crippen LogP contribution in [-0.2, 0) is 0 Å². The standard InChI is InChI=1S/C21H27N/c1-22(2)14-20-16-8-10-17(11-9-16)21(20)19-12-7-15-5-3-4-6-18(15)13-19/h3-7,12-13,16-17,20-21H,8-11,14H2,1-2H3. The molecule has 3 aliphatic rings. The zero-order chi connectivity index (χ0) is 15.1. The Morgan fingerprint density at radius 3 is 2.27 bits per heavy atom. The van der Waals surface area contributed by atoms with Gasteiger partial charge < -0.3 is 4.90 Å². The summed E-state index contributed by atoms with van der Waals surface area (Å²) >= 11 is 0. The summed E-state index contributed by atoms with van der Waals surface area (Å²) in [6.07, 6.45) is 5.83. The lowest BCUT2D eigenvalue weighted by Crippen LogP contribution is -2.43. The predicted octanol–water partition coefficient (Wildman–Crippen LogP) is 4.92. The number of nitrogens with zero attached hydrogens (tertiary/aromatic N) is 1. The maximum atomic E-state index is 2.48. The Morgan fingerprint density at radius 2 is 1.55 bits per heavy atom. The molecule has 0 spiro atoms. The summed E-state index contributed by atoms with van der Waals surface area (Å²) in [5.74, 6) is 3.49. The number of hydrogen-bond acceptors (Lipinski definition) is 1. The fourth-order valence-electron chi connectivity index (χ4n) is 5.19. The van der Waals surface area contributed by atoms with Crippen molar-refractivity contribution in [2.24, 2.45) is 17.8 Å². The molecule has 2 aromatic rings. The van der Waals surface area contributed by atoms with E-state index in [9.17, 15) is 0 Å². The topological polar surface area (TPSA) is 3.24 Å². The van der Waals surface area contributed by atoms with Gasteiger partial charge >= 0.3 is 0 Å². The number of fused-ring (bicyclic) bond motifs is 4. The average molecular weight is 293 g/mol. The van der Waals surface area contributed by atoms with Crippen molar-refractivity contribution in [3.8, 4) is 0 Å². The lowest BCUT2D eigenvalue weighted by atomic mass is 9.56. The first kappa shape index (κ1) is 14.3. The smallest absolute Gasteiger partial charge is 0.00122 e. The molecule has 3 fully saturated rings. The first-order valence-electron chi connectivity index (χ1n) is 8.86. The SMILES string of the molecule is CN(C)CC1C2CCC(CC2)C1c1ccc2ccccc2c1. The van der Waals surface area contributed by atoms with Crippen molar-refractivity contribution in [1.82, 2.24) is 4.90 Å². The molecule has 2 atom stereocenters. The molecule has 0 N–H and O–H groups in total. The summed E-state index contributed by atoms with van der Waals surface area (Å²) in [5, 5.41) is 2.78. The first-order valence-corrected chi connectivity index (χ1v) is 8.86. The van der Waals surface area contributed by atoms with E-state index < -0.39 is 0 Å². The summed E-state index contributed by atoms with van der Waals surface area (Å²) in [4.78, 5) is 2.40. The molecular weight excluding hydrogens is 266 g/mol. The van der Waals surface area contributed by atoms with Crippen molar-refractivity contribution in [1.29, 1.82) is 0 Å². The molecule has 116 valence electrons. The highest BCUT2D eigenvalue weighted by molar-refractivity contribution is 5.83. The maximum Gasteiger partial charge on any atom is 0.00122 e. The van der Waals surface area contributed by atoms with Crippen LogP contribution >= 0.6 is 0 Å². The van der Waals surface area contributed by atoms with E-state index in [0.29, 0.717) is 0 Å². The second-order valence-corrected chi connectivity index (χ2v) is 7.73. The fourth-order valence-corrected chi connectivity index (χ4v) is 5.19. The third-order valence-corrected chi connectivity index (χ3v) is 6.13. The zero-order valence-electron chi connectivity index (χ0n) is 13.8. The van der Waals surface area contributed by atoms with Crippen LogP contribution in [0.15, 0.2) is 42.5 Å². The van der Waals surface area contributed by atoms with Gasteiger partial charge in [0.05, 0.1) is 0 Å². The van der Waals surface area contributed by atoms with Crippen LogP contribution in [0.3, 0.4) is 0 Å². The molecule has 3 saturated carbocycles. The quantitative estimate of drug-likeness (QED) is 0.776. The molecule has 0 aromatic heterocycles. The van der Waals surface area contributed by atoms with Gasteiger partial charge in [-0.05, 0) is 79.8 Å². The fraction of sp³-hybridized carbons (Fsp3) is 0.524. The van der Waals surface area contributed by atoms with Crippen molar-refractivity contribution < 1.29 is 0 Å². The molecule has 0 heterocycles. The van der Waals surface area contributed by atoms with E-state index in [1.54, 1.807) is 5.56 Å². The third-order valence-electron chi connectivity index (χ3n) is 6.13. The number of benzene rings is 2. The molecule has 0 saturated heterocycles. The second kappa shape index (κ2) is 5.70. The molecular formula is C21H27N. The molecule has 2 bridgehead atoms. The Labute approximate surface area is 134 Å². The molecule has 3 aliphatic carbocycles. The van der Waals surface area contributed by atoms with Gasteiger partial charge in [0.1, 0.15) is 0 Å². The van der Waals surface area contributed by atoms with Crippen molar-refractivity contribution in [3.63, 3.8) is 0 Å². The number of hydrogen-bond donors (Lipinski definition) is 0. The van der Waals surface area contributed by atoms with Crippen molar-refractivity contribution in [3.05, 3.63) is 48.0 Å². The molecule has 0 radical (unpaired) electrons. The van der Waals surface area contributed by atoms with Crippen LogP contribution in [0.1, 0.15) is 37.2 Å². The minimum Gasteiger partial charge on any atom is -0.309 e. The predicted molar refractivity (Wildman–Crippen MR) is 94.2 cm³/mol. The van der Waals surface area contributed by atoms with Crippen LogP contribution in [0.4, 0.5) is 0 Å². The molecule has 22 heavy (non-hydrogen) atoms. The minimum atomic E-state index is 0.777. The molecule has 1 heteroatoms. The Kier molecular flexibility index (Phi) is 3.69. The second-order valence-electron chi connectivity index (χ2n) is 7.73. The van der Waals surface area contributed by atoms with Crippen LogP contribution in [-0.4, -0.2) is 25.5 Å². The summed E-state index contributed by atoms with van der Waals surface area (Å²) in [7, 11) is 4.47. The van der Waals surface area contributed by atoms with Crippen LogP contribution in [0.2, 0.25) is 0 Å². The van der Waals surface area contributed by atoms with Gasteiger partial charge in [-0.25, -0.2) is 0 Å². The first-order chi connectivity index (χ1) is 10.7. The van der Waals surface area contributed by atoms with E-state index in [-0.39, 0.29) is 0 Å². The molecule has 1 nitrogen and oxygen atoms in total. The molecule has 2 aromatic carbocycles. The van der Waals surface area contributed by atoms with Gasteiger partial charge in [0.25, 0.3) is 0 Å². The average Bonchev–Trinajstić information content (AvgIpc) is 2.55.